The van der Waals surface area contributed by atoms with Gasteiger partial charge in [0.2, 0.25) is 11.8 Å². The molecule has 1 fully saturated rings. The first-order valence-electron chi connectivity index (χ1n) is 7.76. The van der Waals surface area contributed by atoms with Gasteiger partial charge in [0.15, 0.2) is 0 Å². The Morgan fingerprint density at radius 1 is 1.19 bits per heavy atom. The molecule has 0 aliphatic carbocycles. The summed E-state index contributed by atoms with van der Waals surface area (Å²) in [6.07, 6.45) is 1.06. The van der Waals surface area contributed by atoms with Crippen LogP contribution in [0.5, 0.6) is 0 Å². The van der Waals surface area contributed by atoms with Crippen LogP contribution in [0.4, 0.5) is 5.69 Å². The topological polar surface area (TPSA) is 37.4 Å². The number of rotatable bonds is 4. The number of benzene rings is 1. The van der Waals surface area contributed by atoms with Crippen molar-refractivity contribution in [2.45, 2.75) is 52.9 Å². The third-order valence-electron chi connectivity index (χ3n) is 5.05. The fraction of sp³-hybridized carbons (Fsp3) is 0.556. The second kappa shape index (κ2) is 5.63. The smallest absolute Gasteiger partial charge is 0.237 e. The highest BCUT2D eigenvalue weighted by Gasteiger charge is 2.38. The Hall–Kier alpha value is -1.64. The maximum atomic E-state index is 12.2. The minimum atomic E-state index is -0.149. The second-order valence-electron chi connectivity index (χ2n) is 6.80. The number of carbonyl (C=O) groups excluding carboxylic acids is 2. The molecule has 2 amide bonds. The highest BCUT2D eigenvalue weighted by atomic mass is 16.2. The predicted octanol–water partition coefficient (Wildman–Crippen LogP) is 3.91. The third-order valence-corrected chi connectivity index (χ3v) is 5.05. The van der Waals surface area contributed by atoms with E-state index in [1.807, 2.05) is 31.2 Å². The van der Waals surface area contributed by atoms with Crippen molar-refractivity contribution >= 4 is 17.5 Å². The summed E-state index contributed by atoms with van der Waals surface area (Å²) in [6.45, 7) is 10.8. The van der Waals surface area contributed by atoms with E-state index in [2.05, 4.69) is 27.7 Å². The monoisotopic (exact) mass is 287 g/mol. The standard InChI is InChI=1S/C18H25NO2/c1-6-13-11-16(20)19(17(13)21)15-9-7-14(8-10-15)18(4,5)12(2)3/h7-10,12-13H,6,11H2,1-5H3. The van der Waals surface area contributed by atoms with E-state index in [-0.39, 0.29) is 23.1 Å². The van der Waals surface area contributed by atoms with Gasteiger partial charge in [0.25, 0.3) is 0 Å². The zero-order valence-corrected chi connectivity index (χ0v) is 13.6. The molecule has 1 aliphatic rings. The third kappa shape index (κ3) is 2.74. The van der Waals surface area contributed by atoms with Gasteiger partial charge in [0.1, 0.15) is 0 Å². The van der Waals surface area contributed by atoms with Gasteiger partial charge in [-0.15, -0.1) is 0 Å². The Labute approximate surface area is 127 Å². The summed E-state index contributed by atoms with van der Waals surface area (Å²) in [4.78, 5) is 25.6. The largest absolute Gasteiger partial charge is 0.274 e. The normalized spacial score (nSPS) is 19.7. The molecular formula is C18H25NO2. The molecule has 3 heteroatoms. The van der Waals surface area contributed by atoms with Crippen molar-refractivity contribution in [2.75, 3.05) is 4.90 Å². The van der Waals surface area contributed by atoms with Crippen LogP contribution in [0, 0.1) is 11.8 Å². The average Bonchev–Trinajstić information content (AvgIpc) is 2.73. The second-order valence-corrected chi connectivity index (χ2v) is 6.80. The van der Waals surface area contributed by atoms with Crippen molar-refractivity contribution in [1.82, 2.24) is 0 Å². The van der Waals surface area contributed by atoms with E-state index in [1.165, 1.54) is 10.5 Å². The van der Waals surface area contributed by atoms with Crippen LogP contribution in [0.15, 0.2) is 24.3 Å². The lowest BCUT2D eigenvalue weighted by Gasteiger charge is -2.30. The minimum Gasteiger partial charge on any atom is -0.274 e. The van der Waals surface area contributed by atoms with Crippen LogP contribution in [0.25, 0.3) is 0 Å². The average molecular weight is 287 g/mol. The van der Waals surface area contributed by atoms with Crippen LogP contribution in [-0.4, -0.2) is 11.8 Å². The summed E-state index contributed by atoms with van der Waals surface area (Å²) in [6, 6.07) is 7.87. The molecule has 21 heavy (non-hydrogen) atoms. The summed E-state index contributed by atoms with van der Waals surface area (Å²) >= 11 is 0. The molecule has 0 N–H and O–H groups in total. The number of anilines is 1. The molecule has 1 saturated heterocycles. The molecule has 0 bridgehead atoms. The SMILES string of the molecule is CCC1CC(=O)N(c2ccc(C(C)(C)C(C)C)cc2)C1=O. The van der Waals surface area contributed by atoms with Crippen LogP contribution in [0.3, 0.4) is 0 Å². The van der Waals surface area contributed by atoms with E-state index in [0.29, 0.717) is 18.0 Å². The Morgan fingerprint density at radius 2 is 1.76 bits per heavy atom. The molecule has 1 aliphatic heterocycles. The number of imide groups is 1. The number of hydrogen-bond acceptors (Lipinski definition) is 2. The van der Waals surface area contributed by atoms with E-state index in [9.17, 15) is 9.59 Å². The Bertz CT molecular complexity index is 543. The molecule has 2 rings (SSSR count). The van der Waals surface area contributed by atoms with E-state index in [4.69, 9.17) is 0 Å². The molecule has 1 aromatic rings. The van der Waals surface area contributed by atoms with Gasteiger partial charge >= 0.3 is 0 Å². The van der Waals surface area contributed by atoms with Crippen LogP contribution in [-0.2, 0) is 15.0 Å². The van der Waals surface area contributed by atoms with Crippen molar-refractivity contribution in [3.05, 3.63) is 29.8 Å². The quantitative estimate of drug-likeness (QED) is 0.787. The molecular weight excluding hydrogens is 262 g/mol. The summed E-state index contributed by atoms with van der Waals surface area (Å²) in [5.74, 6) is 0.230. The van der Waals surface area contributed by atoms with Gasteiger partial charge in [0.05, 0.1) is 5.69 Å². The van der Waals surface area contributed by atoms with Gasteiger partial charge in [-0.05, 0) is 35.4 Å². The molecule has 1 atom stereocenters. The van der Waals surface area contributed by atoms with Gasteiger partial charge in [-0.25, -0.2) is 0 Å². The molecule has 0 spiro atoms. The molecule has 0 aromatic heterocycles. The lowest BCUT2D eigenvalue weighted by atomic mass is 9.75. The molecule has 1 heterocycles. The Balaban J connectivity index is 2.28. The maximum Gasteiger partial charge on any atom is 0.237 e. The summed E-state index contributed by atoms with van der Waals surface area (Å²) < 4.78 is 0. The van der Waals surface area contributed by atoms with Crippen LogP contribution < -0.4 is 4.90 Å². The van der Waals surface area contributed by atoms with Crippen LogP contribution in [0.1, 0.15) is 53.0 Å². The molecule has 1 unspecified atom stereocenters. The van der Waals surface area contributed by atoms with Crippen molar-refractivity contribution in [1.29, 1.82) is 0 Å². The zero-order valence-electron chi connectivity index (χ0n) is 13.6. The Morgan fingerprint density at radius 3 is 2.19 bits per heavy atom. The van der Waals surface area contributed by atoms with Crippen LogP contribution in [0.2, 0.25) is 0 Å². The number of carbonyl (C=O) groups is 2. The van der Waals surface area contributed by atoms with Gasteiger partial charge < -0.3 is 0 Å². The van der Waals surface area contributed by atoms with Gasteiger partial charge in [-0.3, -0.25) is 14.5 Å². The van der Waals surface area contributed by atoms with Gasteiger partial charge in [-0.2, -0.15) is 0 Å². The fourth-order valence-corrected chi connectivity index (χ4v) is 2.66. The van der Waals surface area contributed by atoms with E-state index in [1.54, 1.807) is 0 Å². The molecule has 3 nitrogen and oxygen atoms in total. The zero-order chi connectivity index (χ0) is 15.8. The number of hydrogen-bond donors (Lipinski definition) is 0. The fourth-order valence-electron chi connectivity index (χ4n) is 2.66. The first kappa shape index (κ1) is 15.7. The minimum absolute atomic E-state index is 0.0571. The highest BCUT2D eigenvalue weighted by molar-refractivity contribution is 6.20. The maximum absolute atomic E-state index is 12.2. The molecule has 114 valence electrons. The lowest BCUT2D eigenvalue weighted by molar-refractivity contribution is -0.122. The summed E-state index contributed by atoms with van der Waals surface area (Å²) in [5.41, 5.74) is 2.00. The van der Waals surface area contributed by atoms with E-state index in [0.717, 1.165) is 6.42 Å². The van der Waals surface area contributed by atoms with Crippen molar-refractivity contribution in [3.63, 3.8) is 0 Å². The summed E-state index contributed by atoms with van der Waals surface area (Å²) in [5, 5.41) is 0. The Kier molecular flexibility index (Phi) is 4.22. The van der Waals surface area contributed by atoms with Gasteiger partial charge in [0, 0.05) is 12.3 Å². The first-order chi connectivity index (χ1) is 9.78. The van der Waals surface area contributed by atoms with E-state index >= 15 is 0 Å². The molecule has 1 aromatic carbocycles. The number of nitrogens with zero attached hydrogens (tertiary/aromatic N) is 1. The first-order valence-corrected chi connectivity index (χ1v) is 7.76. The highest BCUT2D eigenvalue weighted by Crippen LogP contribution is 2.34. The van der Waals surface area contributed by atoms with Crippen molar-refractivity contribution in [2.24, 2.45) is 11.8 Å². The summed E-state index contributed by atoms with van der Waals surface area (Å²) in [7, 11) is 0. The number of amides is 2. The predicted molar refractivity (Wildman–Crippen MR) is 85.2 cm³/mol. The lowest BCUT2D eigenvalue weighted by Crippen LogP contribution is -2.30. The van der Waals surface area contributed by atoms with Crippen molar-refractivity contribution < 1.29 is 9.59 Å². The van der Waals surface area contributed by atoms with Crippen LogP contribution >= 0.6 is 0 Å². The molecule has 0 saturated carbocycles. The van der Waals surface area contributed by atoms with E-state index < -0.39 is 0 Å². The van der Waals surface area contributed by atoms with Gasteiger partial charge in [-0.1, -0.05) is 46.8 Å². The van der Waals surface area contributed by atoms with Crippen molar-refractivity contribution in [3.8, 4) is 0 Å². The molecule has 0 radical (unpaired) electrons.